The van der Waals surface area contributed by atoms with Crippen molar-refractivity contribution < 1.29 is 5.11 Å². The van der Waals surface area contributed by atoms with Crippen molar-refractivity contribution in [3.05, 3.63) is 51.7 Å². The second-order valence-electron chi connectivity index (χ2n) is 7.23. The number of halogens is 1. The molecule has 136 valence electrons. The summed E-state index contributed by atoms with van der Waals surface area (Å²) in [5.41, 5.74) is 3.62. The standard InChI is InChI=1S/C21H23ClN2OS/c22-18-5-4-15-10-17(12-23-14-21(25)7-2-1-3-8-21)20(24-19(15)11-18)16-6-9-26-13-16/h4-6,9-11,13,23,25H,1-3,7-8,12,14H2. The third-order valence-electron chi connectivity index (χ3n) is 5.21. The summed E-state index contributed by atoms with van der Waals surface area (Å²) in [4.78, 5) is 4.88. The van der Waals surface area contributed by atoms with Gasteiger partial charge in [0.15, 0.2) is 0 Å². The Morgan fingerprint density at radius 3 is 2.77 bits per heavy atom. The van der Waals surface area contributed by atoms with Gasteiger partial charge in [0.2, 0.25) is 0 Å². The molecule has 0 amide bonds. The lowest BCUT2D eigenvalue weighted by Gasteiger charge is -2.32. The molecule has 2 heterocycles. The van der Waals surface area contributed by atoms with Crippen molar-refractivity contribution in [1.29, 1.82) is 0 Å². The zero-order valence-electron chi connectivity index (χ0n) is 14.7. The van der Waals surface area contributed by atoms with Gasteiger partial charge in [0.1, 0.15) is 0 Å². The van der Waals surface area contributed by atoms with Crippen molar-refractivity contribution in [2.75, 3.05) is 6.54 Å². The molecular formula is C21H23ClN2OS. The minimum Gasteiger partial charge on any atom is -0.389 e. The van der Waals surface area contributed by atoms with Gasteiger partial charge >= 0.3 is 0 Å². The van der Waals surface area contributed by atoms with E-state index in [1.165, 1.54) is 6.42 Å². The first-order valence-corrected chi connectivity index (χ1v) is 10.5. The van der Waals surface area contributed by atoms with Gasteiger partial charge in [-0.3, -0.25) is 0 Å². The van der Waals surface area contributed by atoms with Crippen molar-refractivity contribution in [2.24, 2.45) is 0 Å². The molecule has 1 fully saturated rings. The normalized spacial score (nSPS) is 16.8. The number of aromatic nitrogens is 1. The summed E-state index contributed by atoms with van der Waals surface area (Å²) in [5, 5.41) is 20.2. The van der Waals surface area contributed by atoms with Crippen LogP contribution in [-0.4, -0.2) is 22.2 Å². The number of nitrogens with zero attached hydrogens (tertiary/aromatic N) is 1. The zero-order chi connectivity index (χ0) is 18.0. The van der Waals surface area contributed by atoms with Gasteiger partial charge in [-0.1, -0.05) is 36.9 Å². The number of benzene rings is 1. The van der Waals surface area contributed by atoms with E-state index in [1.807, 2.05) is 18.2 Å². The van der Waals surface area contributed by atoms with Crippen LogP contribution in [0.15, 0.2) is 41.1 Å². The van der Waals surface area contributed by atoms with Crippen LogP contribution in [0.1, 0.15) is 37.7 Å². The molecule has 4 rings (SSSR count). The summed E-state index contributed by atoms with van der Waals surface area (Å²) in [5.74, 6) is 0. The first-order valence-electron chi connectivity index (χ1n) is 9.18. The summed E-state index contributed by atoms with van der Waals surface area (Å²) < 4.78 is 0. The van der Waals surface area contributed by atoms with Gasteiger partial charge < -0.3 is 10.4 Å². The smallest absolute Gasteiger partial charge is 0.0771 e. The number of aliphatic hydroxyl groups is 1. The van der Waals surface area contributed by atoms with Crippen LogP contribution in [0.25, 0.3) is 22.2 Å². The summed E-state index contributed by atoms with van der Waals surface area (Å²) in [7, 11) is 0. The van der Waals surface area contributed by atoms with Crippen LogP contribution in [0.5, 0.6) is 0 Å². The Morgan fingerprint density at radius 1 is 1.15 bits per heavy atom. The number of hydrogen-bond acceptors (Lipinski definition) is 4. The van der Waals surface area contributed by atoms with Crippen LogP contribution in [0, 0.1) is 0 Å². The van der Waals surface area contributed by atoms with Crippen LogP contribution in [0.4, 0.5) is 0 Å². The van der Waals surface area contributed by atoms with Crippen molar-refractivity contribution in [3.8, 4) is 11.3 Å². The molecule has 1 aliphatic rings. The molecular weight excluding hydrogens is 364 g/mol. The van der Waals surface area contributed by atoms with E-state index >= 15 is 0 Å². The molecule has 26 heavy (non-hydrogen) atoms. The van der Waals surface area contributed by atoms with Gasteiger partial charge in [-0.25, -0.2) is 4.98 Å². The van der Waals surface area contributed by atoms with E-state index in [9.17, 15) is 5.11 Å². The Morgan fingerprint density at radius 2 is 2.00 bits per heavy atom. The highest BCUT2D eigenvalue weighted by atomic mass is 35.5. The molecule has 5 heteroatoms. The van der Waals surface area contributed by atoms with Gasteiger partial charge in [0.05, 0.1) is 16.8 Å². The first-order chi connectivity index (χ1) is 12.6. The van der Waals surface area contributed by atoms with E-state index in [0.29, 0.717) is 18.1 Å². The largest absolute Gasteiger partial charge is 0.389 e. The predicted molar refractivity (Wildman–Crippen MR) is 110 cm³/mol. The Balaban J connectivity index is 1.60. The fourth-order valence-corrected chi connectivity index (χ4v) is 4.59. The van der Waals surface area contributed by atoms with Crippen LogP contribution in [-0.2, 0) is 6.54 Å². The molecule has 0 aliphatic heterocycles. The quantitative estimate of drug-likeness (QED) is 0.616. The third-order valence-corrected chi connectivity index (χ3v) is 6.13. The van der Waals surface area contributed by atoms with E-state index in [0.717, 1.165) is 53.4 Å². The highest BCUT2D eigenvalue weighted by Crippen LogP contribution is 2.30. The van der Waals surface area contributed by atoms with E-state index in [-0.39, 0.29) is 0 Å². The highest BCUT2D eigenvalue weighted by molar-refractivity contribution is 7.08. The molecule has 1 aromatic carbocycles. The molecule has 3 aromatic rings. The number of fused-ring (bicyclic) bond motifs is 1. The van der Waals surface area contributed by atoms with Crippen LogP contribution in [0.2, 0.25) is 5.02 Å². The zero-order valence-corrected chi connectivity index (χ0v) is 16.2. The molecule has 1 saturated carbocycles. The number of thiophene rings is 1. The maximum absolute atomic E-state index is 10.7. The molecule has 3 nitrogen and oxygen atoms in total. The van der Waals surface area contributed by atoms with Crippen molar-refractivity contribution in [1.82, 2.24) is 10.3 Å². The molecule has 2 aromatic heterocycles. The van der Waals surface area contributed by atoms with Crippen LogP contribution in [0.3, 0.4) is 0 Å². The average Bonchev–Trinajstić information content (AvgIpc) is 3.16. The summed E-state index contributed by atoms with van der Waals surface area (Å²) in [6, 6.07) is 10.1. The van der Waals surface area contributed by atoms with E-state index in [2.05, 4.69) is 28.2 Å². The fraction of sp³-hybridized carbons (Fsp3) is 0.381. The number of nitrogens with one attached hydrogen (secondary N) is 1. The number of rotatable bonds is 5. The molecule has 0 unspecified atom stereocenters. The van der Waals surface area contributed by atoms with E-state index in [1.54, 1.807) is 11.3 Å². The second-order valence-corrected chi connectivity index (χ2v) is 8.45. The predicted octanol–water partition coefficient (Wildman–Crippen LogP) is 5.40. The van der Waals surface area contributed by atoms with E-state index in [4.69, 9.17) is 16.6 Å². The molecule has 0 bridgehead atoms. The van der Waals surface area contributed by atoms with Gasteiger partial charge in [0, 0.05) is 34.4 Å². The molecule has 0 radical (unpaired) electrons. The van der Waals surface area contributed by atoms with Gasteiger partial charge in [0.25, 0.3) is 0 Å². The number of pyridine rings is 1. The molecule has 0 atom stereocenters. The maximum Gasteiger partial charge on any atom is 0.0771 e. The summed E-state index contributed by atoms with van der Waals surface area (Å²) in [6.45, 7) is 1.33. The monoisotopic (exact) mass is 386 g/mol. The second kappa shape index (κ2) is 7.65. The lowest BCUT2D eigenvalue weighted by molar-refractivity contribution is 0.00468. The molecule has 0 saturated heterocycles. The molecule has 2 N–H and O–H groups in total. The van der Waals surface area contributed by atoms with Crippen molar-refractivity contribution >= 4 is 33.8 Å². The van der Waals surface area contributed by atoms with Crippen LogP contribution >= 0.6 is 22.9 Å². The highest BCUT2D eigenvalue weighted by Gasteiger charge is 2.28. The lowest BCUT2D eigenvalue weighted by atomic mass is 9.85. The molecule has 0 spiro atoms. The van der Waals surface area contributed by atoms with Gasteiger partial charge in [-0.2, -0.15) is 11.3 Å². The van der Waals surface area contributed by atoms with Gasteiger partial charge in [-0.05, 0) is 48.1 Å². The van der Waals surface area contributed by atoms with Crippen molar-refractivity contribution in [2.45, 2.75) is 44.2 Å². The summed E-state index contributed by atoms with van der Waals surface area (Å²) >= 11 is 7.81. The minimum absolute atomic E-state index is 0.557. The Hall–Kier alpha value is -1.46. The Kier molecular flexibility index (Phi) is 5.28. The topological polar surface area (TPSA) is 45.1 Å². The van der Waals surface area contributed by atoms with Crippen molar-refractivity contribution in [3.63, 3.8) is 0 Å². The summed E-state index contributed by atoms with van der Waals surface area (Å²) in [6.07, 6.45) is 5.27. The van der Waals surface area contributed by atoms with E-state index < -0.39 is 5.60 Å². The fourth-order valence-electron chi connectivity index (χ4n) is 3.78. The lowest BCUT2D eigenvalue weighted by Crippen LogP contribution is -2.41. The Labute approximate surface area is 163 Å². The third kappa shape index (κ3) is 3.94. The maximum atomic E-state index is 10.7. The first kappa shape index (κ1) is 17.9. The molecule has 1 aliphatic carbocycles. The average molecular weight is 387 g/mol. The van der Waals surface area contributed by atoms with Crippen LogP contribution < -0.4 is 5.32 Å². The SMILES string of the molecule is OC1(CNCc2cc3ccc(Cl)cc3nc2-c2ccsc2)CCCCC1. The van der Waals surface area contributed by atoms with Gasteiger partial charge in [-0.15, -0.1) is 0 Å². The Bertz CT molecular complexity index is 888. The minimum atomic E-state index is -0.557. The number of hydrogen-bond donors (Lipinski definition) is 2.